The Morgan fingerprint density at radius 2 is 1.92 bits per heavy atom. The number of aliphatic imine (C=N–C) groups is 1. The Bertz CT molecular complexity index is 908. The van der Waals surface area contributed by atoms with Crippen molar-refractivity contribution in [1.29, 1.82) is 0 Å². The summed E-state index contributed by atoms with van der Waals surface area (Å²) in [6, 6.07) is 17.0. The third kappa shape index (κ3) is 3.12. The minimum Gasteiger partial charge on any atom is -0.437 e. The zero-order valence-electron chi connectivity index (χ0n) is 13.6. The Hall–Kier alpha value is -3.17. The fraction of sp³-hybridized carbons (Fsp3) is 0.158. The number of nitrogens with zero attached hydrogens (tertiary/aromatic N) is 3. The number of benzene rings is 2. The van der Waals surface area contributed by atoms with Gasteiger partial charge in [-0.2, -0.15) is 10.1 Å². The highest BCUT2D eigenvalue weighted by molar-refractivity contribution is 5.58. The number of carbonyl (C=O) groups excluding carboxylic acids is 1. The molecule has 0 aliphatic rings. The molecule has 0 fully saturated rings. The number of rotatable bonds is 5. The number of hydrogen-bond acceptors (Lipinski definition) is 4. The largest absolute Gasteiger partial charge is 0.437 e. The predicted octanol–water partition coefficient (Wildman–Crippen LogP) is 4.50. The standard InChI is InChI=1S/C19H17N3O2/c1-3-15-8-4-6-10-17(15)22-19(12-14(2)21-22)24-18-11-7-5-9-16(18)20-13-23/h4-12H,3H2,1-2H3. The Labute approximate surface area is 140 Å². The van der Waals surface area contributed by atoms with E-state index in [4.69, 9.17) is 4.74 Å². The van der Waals surface area contributed by atoms with Gasteiger partial charge in [0.2, 0.25) is 12.0 Å². The lowest BCUT2D eigenvalue weighted by atomic mass is 10.1. The molecule has 0 saturated heterocycles. The first kappa shape index (κ1) is 15.7. The van der Waals surface area contributed by atoms with Crippen LogP contribution in [0.15, 0.2) is 59.6 Å². The molecule has 3 rings (SSSR count). The summed E-state index contributed by atoms with van der Waals surface area (Å²) in [4.78, 5) is 14.3. The molecule has 0 aliphatic carbocycles. The first-order valence-corrected chi connectivity index (χ1v) is 7.72. The molecule has 0 amide bonds. The lowest BCUT2D eigenvalue weighted by molar-refractivity contribution is 0.445. The second kappa shape index (κ2) is 6.94. The fourth-order valence-corrected chi connectivity index (χ4v) is 2.54. The van der Waals surface area contributed by atoms with Gasteiger partial charge in [0.1, 0.15) is 5.69 Å². The summed E-state index contributed by atoms with van der Waals surface area (Å²) in [5, 5.41) is 4.55. The highest BCUT2D eigenvalue weighted by Crippen LogP contribution is 2.33. The van der Waals surface area contributed by atoms with Crippen LogP contribution in [-0.2, 0) is 11.2 Å². The Kier molecular flexibility index (Phi) is 4.54. The van der Waals surface area contributed by atoms with Crippen molar-refractivity contribution in [3.05, 3.63) is 65.9 Å². The zero-order chi connectivity index (χ0) is 16.9. The quantitative estimate of drug-likeness (QED) is 0.514. The minimum atomic E-state index is 0.432. The van der Waals surface area contributed by atoms with E-state index in [1.807, 2.05) is 37.3 Å². The van der Waals surface area contributed by atoms with Crippen molar-refractivity contribution < 1.29 is 9.53 Å². The lowest BCUT2D eigenvalue weighted by Crippen LogP contribution is -2.03. The summed E-state index contributed by atoms with van der Waals surface area (Å²) in [5.74, 6) is 1.05. The van der Waals surface area contributed by atoms with Gasteiger partial charge in [-0.25, -0.2) is 9.48 Å². The van der Waals surface area contributed by atoms with Crippen molar-refractivity contribution in [3.8, 4) is 17.3 Å². The van der Waals surface area contributed by atoms with E-state index in [-0.39, 0.29) is 0 Å². The van der Waals surface area contributed by atoms with E-state index in [9.17, 15) is 4.79 Å². The Morgan fingerprint density at radius 3 is 2.71 bits per heavy atom. The number of aryl methyl sites for hydroxylation is 2. The van der Waals surface area contributed by atoms with Crippen LogP contribution in [0.4, 0.5) is 5.69 Å². The number of ether oxygens (including phenoxy) is 1. The molecule has 0 spiro atoms. The van der Waals surface area contributed by atoms with Crippen LogP contribution in [0.3, 0.4) is 0 Å². The monoisotopic (exact) mass is 319 g/mol. The third-order valence-corrected chi connectivity index (χ3v) is 3.65. The lowest BCUT2D eigenvalue weighted by Gasteiger charge is -2.12. The zero-order valence-corrected chi connectivity index (χ0v) is 13.6. The van der Waals surface area contributed by atoms with Gasteiger partial charge >= 0.3 is 0 Å². The van der Waals surface area contributed by atoms with E-state index >= 15 is 0 Å². The van der Waals surface area contributed by atoms with Crippen LogP contribution in [-0.4, -0.2) is 15.9 Å². The molecule has 120 valence electrons. The van der Waals surface area contributed by atoms with Gasteiger partial charge in [-0.1, -0.05) is 37.3 Å². The molecule has 0 atom stereocenters. The molecule has 0 saturated carbocycles. The molecule has 5 heteroatoms. The molecule has 1 heterocycles. The van der Waals surface area contributed by atoms with Gasteiger partial charge in [0.05, 0.1) is 11.4 Å². The van der Waals surface area contributed by atoms with Crippen molar-refractivity contribution in [1.82, 2.24) is 9.78 Å². The SMILES string of the molecule is CCc1ccccc1-n1nc(C)cc1Oc1ccccc1N=C=O. The normalized spacial score (nSPS) is 10.2. The van der Waals surface area contributed by atoms with Crippen molar-refractivity contribution in [2.45, 2.75) is 20.3 Å². The number of aromatic nitrogens is 2. The average molecular weight is 319 g/mol. The van der Waals surface area contributed by atoms with E-state index < -0.39 is 0 Å². The van der Waals surface area contributed by atoms with Gasteiger partial charge in [0.15, 0.2) is 5.75 Å². The van der Waals surface area contributed by atoms with Crippen LogP contribution in [0, 0.1) is 6.92 Å². The highest BCUT2D eigenvalue weighted by atomic mass is 16.5. The fourth-order valence-electron chi connectivity index (χ4n) is 2.54. The maximum Gasteiger partial charge on any atom is 0.240 e. The molecule has 0 N–H and O–H groups in total. The van der Waals surface area contributed by atoms with E-state index in [0.717, 1.165) is 17.8 Å². The summed E-state index contributed by atoms with van der Waals surface area (Å²) >= 11 is 0. The summed E-state index contributed by atoms with van der Waals surface area (Å²) in [6.07, 6.45) is 2.44. The molecule has 0 unspecified atom stereocenters. The van der Waals surface area contributed by atoms with Crippen molar-refractivity contribution in [2.75, 3.05) is 0 Å². The molecular formula is C19H17N3O2. The molecular weight excluding hydrogens is 302 g/mol. The van der Waals surface area contributed by atoms with Crippen molar-refractivity contribution in [3.63, 3.8) is 0 Å². The highest BCUT2D eigenvalue weighted by Gasteiger charge is 2.14. The first-order chi connectivity index (χ1) is 11.7. The molecule has 0 bridgehead atoms. The van der Waals surface area contributed by atoms with Gasteiger partial charge in [0, 0.05) is 6.07 Å². The molecule has 2 aromatic carbocycles. The van der Waals surface area contributed by atoms with Crippen LogP contribution < -0.4 is 4.74 Å². The van der Waals surface area contributed by atoms with E-state index in [1.165, 1.54) is 5.56 Å². The van der Waals surface area contributed by atoms with E-state index in [1.54, 1.807) is 29.0 Å². The number of para-hydroxylation sites is 3. The van der Waals surface area contributed by atoms with Crippen molar-refractivity contribution >= 4 is 11.8 Å². The topological polar surface area (TPSA) is 56.5 Å². The number of isocyanates is 1. The van der Waals surface area contributed by atoms with Crippen molar-refractivity contribution in [2.24, 2.45) is 4.99 Å². The van der Waals surface area contributed by atoms with Gasteiger partial charge in [-0.3, -0.25) is 0 Å². The van der Waals surface area contributed by atoms with Gasteiger partial charge in [0.25, 0.3) is 0 Å². The van der Waals surface area contributed by atoms with Gasteiger partial charge in [-0.05, 0) is 37.1 Å². The van der Waals surface area contributed by atoms with Crippen LogP contribution in [0.2, 0.25) is 0 Å². The summed E-state index contributed by atoms with van der Waals surface area (Å²) in [5.41, 5.74) is 3.41. The molecule has 5 nitrogen and oxygen atoms in total. The van der Waals surface area contributed by atoms with Gasteiger partial charge < -0.3 is 4.74 Å². The molecule has 24 heavy (non-hydrogen) atoms. The predicted molar refractivity (Wildman–Crippen MR) is 92.0 cm³/mol. The first-order valence-electron chi connectivity index (χ1n) is 7.72. The maximum atomic E-state index is 10.6. The maximum absolute atomic E-state index is 10.6. The second-order valence-electron chi connectivity index (χ2n) is 5.29. The molecule has 3 aromatic rings. The Balaban J connectivity index is 2.06. The van der Waals surface area contributed by atoms with Crippen LogP contribution in [0.5, 0.6) is 11.6 Å². The summed E-state index contributed by atoms with van der Waals surface area (Å²) in [6.45, 7) is 4.01. The molecule has 0 radical (unpaired) electrons. The smallest absolute Gasteiger partial charge is 0.240 e. The van der Waals surface area contributed by atoms with Crippen LogP contribution in [0.25, 0.3) is 5.69 Å². The second-order valence-corrected chi connectivity index (χ2v) is 5.29. The average Bonchev–Trinajstić information content (AvgIpc) is 2.97. The van der Waals surface area contributed by atoms with E-state index in [2.05, 4.69) is 23.1 Å². The summed E-state index contributed by atoms with van der Waals surface area (Å²) in [7, 11) is 0. The van der Waals surface area contributed by atoms with Crippen LogP contribution >= 0.6 is 0 Å². The molecule has 0 aliphatic heterocycles. The van der Waals surface area contributed by atoms with Gasteiger partial charge in [-0.15, -0.1) is 0 Å². The minimum absolute atomic E-state index is 0.432. The Morgan fingerprint density at radius 1 is 1.17 bits per heavy atom. The summed E-state index contributed by atoms with van der Waals surface area (Å²) < 4.78 is 7.77. The van der Waals surface area contributed by atoms with Crippen LogP contribution in [0.1, 0.15) is 18.2 Å². The number of hydrogen-bond donors (Lipinski definition) is 0. The third-order valence-electron chi connectivity index (χ3n) is 3.65. The molecule has 1 aromatic heterocycles. The van der Waals surface area contributed by atoms with E-state index in [0.29, 0.717) is 17.3 Å².